The van der Waals surface area contributed by atoms with Crippen molar-refractivity contribution in [1.82, 2.24) is 9.80 Å². The van der Waals surface area contributed by atoms with Gasteiger partial charge in [-0.3, -0.25) is 9.69 Å². The second-order valence-corrected chi connectivity index (χ2v) is 10.3. The van der Waals surface area contributed by atoms with Crippen molar-refractivity contribution in [3.05, 3.63) is 106 Å². The van der Waals surface area contributed by atoms with Crippen LogP contribution in [0.1, 0.15) is 40.7 Å². The molecule has 3 aromatic rings. The zero-order valence-corrected chi connectivity index (χ0v) is 21.0. The van der Waals surface area contributed by atoms with Gasteiger partial charge in [0.2, 0.25) is 5.91 Å². The van der Waals surface area contributed by atoms with Crippen LogP contribution >= 0.6 is 11.6 Å². The van der Waals surface area contributed by atoms with Crippen LogP contribution in [0.4, 0.5) is 0 Å². The molecule has 0 unspecified atom stereocenters. The molecule has 0 bridgehead atoms. The van der Waals surface area contributed by atoms with E-state index < -0.39 is 0 Å². The van der Waals surface area contributed by atoms with Crippen molar-refractivity contribution in [3.8, 4) is 0 Å². The second-order valence-electron chi connectivity index (χ2n) is 9.83. The van der Waals surface area contributed by atoms with E-state index in [1.54, 1.807) is 0 Å². The maximum Gasteiger partial charge on any atom is 0.226 e. The largest absolute Gasteiger partial charge is 0.368 e. The van der Waals surface area contributed by atoms with Crippen LogP contribution in [0.3, 0.4) is 0 Å². The SMILES string of the molecule is Cc1cccc(CO[C@@H](CN2CCN(C(=O)[C@@H]3C[C@H]3c3ccccc3)CC2)c2ccc(Cl)cc2)c1. The lowest BCUT2D eigenvalue weighted by Crippen LogP contribution is -2.50. The van der Waals surface area contributed by atoms with Crippen LogP contribution in [0.2, 0.25) is 5.02 Å². The Bertz CT molecular complexity index is 1130. The number of piperazine rings is 1. The van der Waals surface area contributed by atoms with E-state index in [-0.39, 0.29) is 12.0 Å². The molecular weight excluding hydrogens is 456 g/mol. The molecule has 182 valence electrons. The number of carbonyl (C=O) groups excluding carboxylic acids is 1. The van der Waals surface area contributed by atoms with E-state index in [0.717, 1.165) is 49.7 Å². The number of halogens is 1. The minimum atomic E-state index is -0.0547. The summed E-state index contributed by atoms with van der Waals surface area (Å²) in [4.78, 5) is 17.6. The number of hydrogen-bond acceptors (Lipinski definition) is 3. The fraction of sp³-hybridized carbons (Fsp3) is 0.367. The first-order chi connectivity index (χ1) is 17.1. The van der Waals surface area contributed by atoms with Gasteiger partial charge in [-0.1, -0.05) is 83.9 Å². The highest BCUT2D eigenvalue weighted by molar-refractivity contribution is 6.30. The van der Waals surface area contributed by atoms with Crippen molar-refractivity contribution < 1.29 is 9.53 Å². The van der Waals surface area contributed by atoms with Crippen LogP contribution in [0.5, 0.6) is 0 Å². The van der Waals surface area contributed by atoms with Gasteiger partial charge >= 0.3 is 0 Å². The highest BCUT2D eigenvalue weighted by Gasteiger charge is 2.46. The first-order valence-electron chi connectivity index (χ1n) is 12.6. The fourth-order valence-corrected chi connectivity index (χ4v) is 5.21. The molecule has 5 rings (SSSR count). The van der Waals surface area contributed by atoms with E-state index in [2.05, 4.69) is 77.4 Å². The quantitative estimate of drug-likeness (QED) is 0.398. The van der Waals surface area contributed by atoms with Gasteiger partial charge in [0.15, 0.2) is 0 Å². The normalized spacial score (nSPS) is 21.0. The number of hydrogen-bond donors (Lipinski definition) is 0. The molecule has 3 aromatic carbocycles. The molecule has 1 amide bonds. The van der Waals surface area contributed by atoms with E-state index in [1.165, 1.54) is 16.7 Å². The summed E-state index contributed by atoms with van der Waals surface area (Å²) < 4.78 is 6.43. The lowest BCUT2D eigenvalue weighted by Gasteiger charge is -2.36. The van der Waals surface area contributed by atoms with Gasteiger partial charge in [-0.2, -0.15) is 0 Å². The first kappa shape index (κ1) is 24.1. The van der Waals surface area contributed by atoms with Crippen LogP contribution in [0.25, 0.3) is 0 Å². The van der Waals surface area contributed by atoms with E-state index >= 15 is 0 Å². The van der Waals surface area contributed by atoms with Crippen LogP contribution in [-0.4, -0.2) is 48.4 Å². The number of carbonyl (C=O) groups is 1. The highest BCUT2D eigenvalue weighted by atomic mass is 35.5. The minimum absolute atomic E-state index is 0.0547. The zero-order chi connectivity index (χ0) is 24.2. The van der Waals surface area contributed by atoms with Gasteiger partial charge in [-0.25, -0.2) is 0 Å². The third-order valence-corrected chi connectivity index (χ3v) is 7.47. The van der Waals surface area contributed by atoms with Crippen molar-refractivity contribution in [2.24, 2.45) is 5.92 Å². The number of amides is 1. The van der Waals surface area contributed by atoms with E-state index in [4.69, 9.17) is 16.3 Å². The van der Waals surface area contributed by atoms with Crippen molar-refractivity contribution in [2.45, 2.75) is 32.0 Å². The van der Waals surface area contributed by atoms with Gasteiger partial charge in [0.05, 0.1) is 12.7 Å². The number of ether oxygens (including phenoxy) is 1. The zero-order valence-electron chi connectivity index (χ0n) is 20.3. The summed E-state index contributed by atoms with van der Waals surface area (Å²) in [5, 5.41) is 0.729. The Hall–Kier alpha value is -2.66. The Balaban J connectivity index is 1.17. The standard InChI is InChI=1S/C30H33ClN2O2/c1-22-6-5-7-23(18-22)21-35-29(25-10-12-26(31)13-11-25)20-32-14-16-33(17-15-32)30(34)28-19-27(28)24-8-3-2-4-9-24/h2-13,18,27-29H,14-17,19-21H2,1H3/t27-,28+,29-/m0/s1. The summed E-state index contributed by atoms with van der Waals surface area (Å²) in [5.41, 5.74) is 4.84. The van der Waals surface area contributed by atoms with Crippen LogP contribution in [-0.2, 0) is 16.1 Å². The molecule has 1 saturated carbocycles. The highest BCUT2D eigenvalue weighted by Crippen LogP contribution is 2.48. The lowest BCUT2D eigenvalue weighted by molar-refractivity contribution is -0.134. The van der Waals surface area contributed by atoms with Crippen molar-refractivity contribution in [1.29, 1.82) is 0 Å². The lowest BCUT2D eigenvalue weighted by atomic mass is 10.1. The van der Waals surface area contributed by atoms with Gasteiger partial charge in [-0.15, -0.1) is 0 Å². The maximum atomic E-state index is 13.1. The molecular formula is C30H33ClN2O2. The summed E-state index contributed by atoms with van der Waals surface area (Å²) in [6.07, 6.45) is 0.926. The average Bonchev–Trinajstić information content (AvgIpc) is 3.69. The fourth-order valence-electron chi connectivity index (χ4n) is 5.09. The predicted molar refractivity (Wildman–Crippen MR) is 140 cm³/mol. The number of nitrogens with zero attached hydrogens (tertiary/aromatic N) is 2. The molecule has 35 heavy (non-hydrogen) atoms. The predicted octanol–water partition coefficient (Wildman–Crippen LogP) is 5.85. The minimum Gasteiger partial charge on any atom is -0.368 e. The maximum absolute atomic E-state index is 13.1. The van der Waals surface area contributed by atoms with Crippen LogP contribution < -0.4 is 0 Å². The van der Waals surface area contributed by atoms with Crippen LogP contribution in [0.15, 0.2) is 78.9 Å². The Morgan fingerprint density at radius 1 is 0.971 bits per heavy atom. The summed E-state index contributed by atoms with van der Waals surface area (Å²) in [6, 6.07) is 26.9. The molecule has 3 atom stereocenters. The van der Waals surface area contributed by atoms with Crippen molar-refractivity contribution in [2.75, 3.05) is 32.7 Å². The monoisotopic (exact) mass is 488 g/mol. The Morgan fingerprint density at radius 2 is 1.71 bits per heavy atom. The van der Waals surface area contributed by atoms with E-state index in [0.29, 0.717) is 18.4 Å². The van der Waals surface area contributed by atoms with Gasteiger partial charge in [0.1, 0.15) is 0 Å². The summed E-state index contributed by atoms with van der Waals surface area (Å²) >= 11 is 6.14. The van der Waals surface area contributed by atoms with E-state index in [9.17, 15) is 4.79 Å². The van der Waals surface area contributed by atoms with Gasteiger partial charge < -0.3 is 9.64 Å². The third-order valence-electron chi connectivity index (χ3n) is 7.22. The summed E-state index contributed by atoms with van der Waals surface area (Å²) in [5.74, 6) is 0.873. The first-order valence-corrected chi connectivity index (χ1v) is 12.9. The van der Waals surface area contributed by atoms with Crippen molar-refractivity contribution in [3.63, 3.8) is 0 Å². The topological polar surface area (TPSA) is 32.8 Å². The van der Waals surface area contributed by atoms with Gasteiger partial charge in [0, 0.05) is 43.7 Å². The van der Waals surface area contributed by atoms with Crippen molar-refractivity contribution >= 4 is 17.5 Å². The molecule has 1 aliphatic carbocycles. The molecule has 2 aliphatic rings. The molecule has 0 N–H and O–H groups in total. The molecule has 4 nitrogen and oxygen atoms in total. The number of rotatable bonds is 8. The summed E-state index contributed by atoms with van der Waals surface area (Å²) in [7, 11) is 0. The second kappa shape index (κ2) is 10.9. The molecule has 5 heteroatoms. The average molecular weight is 489 g/mol. The Labute approximate surface area is 213 Å². The van der Waals surface area contributed by atoms with E-state index in [1.807, 2.05) is 18.2 Å². The molecule has 1 saturated heterocycles. The molecule has 0 radical (unpaired) electrons. The number of benzene rings is 3. The number of aryl methyl sites for hydroxylation is 1. The smallest absolute Gasteiger partial charge is 0.226 e. The molecule has 0 spiro atoms. The Kier molecular flexibility index (Phi) is 7.52. The van der Waals surface area contributed by atoms with Gasteiger partial charge in [0.25, 0.3) is 0 Å². The van der Waals surface area contributed by atoms with Crippen LogP contribution in [0, 0.1) is 12.8 Å². The molecule has 1 aliphatic heterocycles. The van der Waals surface area contributed by atoms with Gasteiger partial charge in [-0.05, 0) is 48.1 Å². The molecule has 1 heterocycles. The molecule has 2 fully saturated rings. The summed E-state index contributed by atoms with van der Waals surface area (Å²) in [6.45, 7) is 6.76. The third kappa shape index (κ3) is 6.13. The molecule has 0 aromatic heterocycles. The Morgan fingerprint density at radius 3 is 2.43 bits per heavy atom.